The van der Waals surface area contributed by atoms with Gasteiger partial charge in [0, 0.05) is 42.7 Å². The van der Waals surface area contributed by atoms with E-state index in [-0.39, 0.29) is 37.9 Å². The number of hydrogen-bond donors (Lipinski definition) is 3. The molecule has 13 heteroatoms. The molecule has 31 heavy (non-hydrogen) atoms. The van der Waals surface area contributed by atoms with Crippen LogP contribution in [-0.2, 0) is 19.8 Å². The minimum atomic E-state index is -4.19. The molecule has 0 spiro atoms. The summed E-state index contributed by atoms with van der Waals surface area (Å²) in [5, 5.41) is 10.5. The van der Waals surface area contributed by atoms with Gasteiger partial charge in [-0.2, -0.15) is 17.0 Å². The molecular weight excluding hydrogens is 450 g/mol. The van der Waals surface area contributed by atoms with E-state index >= 15 is 0 Å². The molecule has 0 aromatic heterocycles. The maximum absolute atomic E-state index is 13.2. The van der Waals surface area contributed by atoms with Crippen molar-refractivity contribution in [3.63, 3.8) is 0 Å². The number of hydroxylamine groups is 1. The van der Waals surface area contributed by atoms with Crippen molar-refractivity contribution in [1.82, 2.24) is 19.1 Å². The summed E-state index contributed by atoms with van der Waals surface area (Å²) < 4.78 is 28.4. The van der Waals surface area contributed by atoms with Gasteiger partial charge < -0.3 is 5.01 Å². The SMILES string of the molecule is NN1CCN(S(=O)(=O)N2CCC(C(=O)c3ccc(Cl)cc3)CC2)[C@@H](C(=O)NO)C1=C=O. The van der Waals surface area contributed by atoms with Gasteiger partial charge in [-0.15, -0.1) is 0 Å². The summed E-state index contributed by atoms with van der Waals surface area (Å²) in [6.07, 6.45) is 0.593. The molecule has 2 heterocycles. The highest BCUT2D eigenvalue weighted by molar-refractivity contribution is 7.86. The van der Waals surface area contributed by atoms with E-state index in [1.54, 1.807) is 24.3 Å². The van der Waals surface area contributed by atoms with Crippen LogP contribution in [0.25, 0.3) is 0 Å². The second-order valence-electron chi connectivity index (χ2n) is 7.22. The molecule has 1 aromatic carbocycles. The lowest BCUT2D eigenvalue weighted by Gasteiger charge is -2.41. The van der Waals surface area contributed by atoms with Crippen molar-refractivity contribution < 1.29 is 28.0 Å². The van der Waals surface area contributed by atoms with E-state index in [0.29, 0.717) is 23.4 Å². The summed E-state index contributed by atoms with van der Waals surface area (Å²) >= 11 is 5.85. The number of nitrogens with one attached hydrogen (secondary N) is 1. The van der Waals surface area contributed by atoms with E-state index < -0.39 is 27.9 Å². The first-order valence-corrected chi connectivity index (χ1v) is 11.3. The number of amides is 1. The average molecular weight is 472 g/mol. The molecule has 3 rings (SSSR count). The Morgan fingerprint density at radius 1 is 1.13 bits per heavy atom. The summed E-state index contributed by atoms with van der Waals surface area (Å²) in [6, 6.07) is 4.85. The topological polar surface area (TPSA) is 153 Å². The molecule has 1 atom stereocenters. The number of benzene rings is 1. The van der Waals surface area contributed by atoms with Gasteiger partial charge in [-0.25, -0.2) is 16.1 Å². The predicted molar refractivity (Wildman–Crippen MR) is 110 cm³/mol. The van der Waals surface area contributed by atoms with Crippen LogP contribution >= 0.6 is 11.6 Å². The lowest BCUT2D eigenvalue weighted by Crippen LogP contribution is -2.63. The van der Waals surface area contributed by atoms with Crippen LogP contribution in [0.5, 0.6) is 0 Å². The quantitative estimate of drug-likeness (QED) is 0.172. The minimum absolute atomic E-state index is 0.0372. The Morgan fingerprint density at radius 3 is 2.29 bits per heavy atom. The van der Waals surface area contributed by atoms with Crippen molar-refractivity contribution >= 4 is 39.4 Å². The number of rotatable bonds is 5. The zero-order valence-corrected chi connectivity index (χ0v) is 18.0. The molecule has 168 valence electrons. The molecular formula is C18H22ClN5O6S. The number of carbonyl (C=O) groups excluding carboxylic acids is 3. The van der Waals surface area contributed by atoms with Crippen LogP contribution < -0.4 is 11.3 Å². The van der Waals surface area contributed by atoms with E-state index in [1.807, 2.05) is 0 Å². The van der Waals surface area contributed by atoms with Gasteiger partial charge in [0.2, 0.25) is 0 Å². The number of halogens is 1. The number of nitrogens with two attached hydrogens (primary N) is 1. The summed E-state index contributed by atoms with van der Waals surface area (Å²) in [5.74, 6) is 5.59. The largest absolute Gasteiger partial charge is 0.301 e. The fourth-order valence-corrected chi connectivity index (χ4v) is 5.64. The van der Waals surface area contributed by atoms with E-state index in [2.05, 4.69) is 0 Å². The van der Waals surface area contributed by atoms with Gasteiger partial charge in [0.25, 0.3) is 16.1 Å². The molecule has 2 aliphatic rings. The minimum Gasteiger partial charge on any atom is -0.301 e. The first-order valence-electron chi connectivity index (χ1n) is 9.48. The fourth-order valence-electron chi connectivity index (χ4n) is 3.78. The zero-order chi connectivity index (χ0) is 22.8. The van der Waals surface area contributed by atoms with Gasteiger partial charge in [0.15, 0.2) is 11.8 Å². The second-order valence-corrected chi connectivity index (χ2v) is 9.54. The average Bonchev–Trinajstić information content (AvgIpc) is 2.78. The van der Waals surface area contributed by atoms with Crippen LogP contribution in [0.2, 0.25) is 5.02 Å². The molecule has 1 aromatic rings. The van der Waals surface area contributed by atoms with Crippen molar-refractivity contribution in [3.8, 4) is 0 Å². The number of carbonyl (C=O) groups is 2. The smallest absolute Gasteiger partial charge is 0.283 e. The van der Waals surface area contributed by atoms with Crippen LogP contribution in [0, 0.1) is 5.92 Å². The first-order chi connectivity index (χ1) is 14.7. The Hall–Kier alpha value is -2.31. The number of nitrogens with zero attached hydrogens (tertiary/aromatic N) is 3. The summed E-state index contributed by atoms with van der Waals surface area (Å²) in [7, 11) is -4.19. The van der Waals surface area contributed by atoms with Gasteiger partial charge in [-0.3, -0.25) is 14.8 Å². The predicted octanol–water partition coefficient (Wildman–Crippen LogP) is -0.440. The van der Waals surface area contributed by atoms with Gasteiger partial charge >= 0.3 is 0 Å². The molecule has 0 saturated carbocycles. The standard InChI is InChI=1S/C18H22ClN5O6S/c19-14-3-1-12(2-4-14)17(26)13-5-7-22(8-6-13)31(29,30)24-10-9-23(20)15(11-25)16(24)18(27)21-28/h1-4,13,16,28H,5-10,20H2,(H,21,27)/t16-/m1/s1. The lowest BCUT2D eigenvalue weighted by atomic mass is 9.90. The molecule has 0 radical (unpaired) electrons. The first kappa shape index (κ1) is 23.4. The van der Waals surface area contributed by atoms with Crippen molar-refractivity contribution in [1.29, 1.82) is 0 Å². The maximum atomic E-state index is 13.2. The van der Waals surface area contributed by atoms with Crippen molar-refractivity contribution in [2.24, 2.45) is 11.8 Å². The molecule has 1 amide bonds. The van der Waals surface area contributed by atoms with Crippen LogP contribution in [0.3, 0.4) is 0 Å². The number of hydrazine groups is 1. The van der Waals surface area contributed by atoms with Crippen LogP contribution in [0.4, 0.5) is 0 Å². The third-order valence-corrected chi connectivity index (χ3v) is 7.71. The summed E-state index contributed by atoms with van der Waals surface area (Å²) in [5.41, 5.74) is 1.47. The van der Waals surface area contributed by atoms with Crippen LogP contribution in [-0.4, -0.2) is 77.1 Å². The highest BCUT2D eigenvalue weighted by Crippen LogP contribution is 2.28. The summed E-state index contributed by atoms with van der Waals surface area (Å²) in [6.45, 7) is -0.0954. The van der Waals surface area contributed by atoms with Gasteiger partial charge in [-0.05, 0) is 37.1 Å². The van der Waals surface area contributed by atoms with E-state index in [1.165, 1.54) is 11.4 Å². The third kappa shape index (κ3) is 4.65. The van der Waals surface area contributed by atoms with Crippen molar-refractivity contribution in [3.05, 3.63) is 40.5 Å². The van der Waals surface area contributed by atoms with Gasteiger partial charge in [0.05, 0.1) is 0 Å². The zero-order valence-electron chi connectivity index (χ0n) is 16.4. The number of hydrogen-bond acceptors (Lipinski definition) is 8. The molecule has 4 N–H and O–H groups in total. The normalized spacial score (nSPS) is 21.6. The highest BCUT2D eigenvalue weighted by Gasteiger charge is 2.46. The Labute approximate surface area is 184 Å². The Kier molecular flexibility index (Phi) is 7.12. The van der Waals surface area contributed by atoms with E-state index in [9.17, 15) is 22.8 Å². The molecule has 0 unspecified atom stereocenters. The van der Waals surface area contributed by atoms with E-state index in [0.717, 1.165) is 13.6 Å². The molecule has 2 aliphatic heterocycles. The number of Topliss-reactive ketones (excluding diaryl/α,β-unsaturated/α-hetero) is 1. The highest BCUT2D eigenvalue weighted by atomic mass is 35.5. The Morgan fingerprint density at radius 2 is 1.74 bits per heavy atom. The third-order valence-electron chi connectivity index (χ3n) is 5.46. The fraction of sp³-hybridized carbons (Fsp3) is 0.444. The van der Waals surface area contributed by atoms with Gasteiger partial charge in [0.1, 0.15) is 11.6 Å². The maximum Gasteiger partial charge on any atom is 0.283 e. The number of piperazine rings is 1. The monoisotopic (exact) mass is 471 g/mol. The number of piperidine rings is 1. The van der Waals surface area contributed by atoms with Crippen LogP contribution in [0.1, 0.15) is 23.2 Å². The lowest BCUT2D eigenvalue weighted by molar-refractivity contribution is -0.133. The molecule has 2 saturated heterocycles. The summed E-state index contributed by atoms with van der Waals surface area (Å²) in [4.78, 5) is 36.1. The van der Waals surface area contributed by atoms with Gasteiger partial charge in [-0.1, -0.05) is 11.6 Å². The second kappa shape index (κ2) is 9.45. The Bertz CT molecular complexity index is 1000. The van der Waals surface area contributed by atoms with E-state index in [4.69, 9.17) is 22.7 Å². The molecule has 0 aliphatic carbocycles. The van der Waals surface area contributed by atoms with Crippen molar-refractivity contribution in [2.45, 2.75) is 18.9 Å². The van der Waals surface area contributed by atoms with Crippen molar-refractivity contribution in [2.75, 3.05) is 26.2 Å². The molecule has 11 nitrogen and oxygen atoms in total. The molecule has 0 bridgehead atoms. The Balaban J connectivity index is 1.75. The molecule has 2 fully saturated rings. The van der Waals surface area contributed by atoms with Crippen LogP contribution in [0.15, 0.2) is 30.0 Å². The number of ketones is 1.